The normalized spacial score (nSPS) is 17.3. The molecule has 0 saturated heterocycles. The predicted octanol–water partition coefficient (Wildman–Crippen LogP) is 3.48. The summed E-state index contributed by atoms with van der Waals surface area (Å²) in [5.41, 5.74) is 8.28. The van der Waals surface area contributed by atoms with Crippen LogP contribution in [0.3, 0.4) is 0 Å². The third-order valence-corrected chi connectivity index (χ3v) is 4.72. The van der Waals surface area contributed by atoms with Crippen LogP contribution in [0.25, 0.3) is 0 Å². The van der Waals surface area contributed by atoms with Crippen LogP contribution in [0.5, 0.6) is 5.75 Å². The number of nitrogens with two attached hydrogens (primary N) is 1. The second kappa shape index (κ2) is 5.54. The van der Waals surface area contributed by atoms with Gasteiger partial charge in [-0.1, -0.05) is 32.0 Å². The van der Waals surface area contributed by atoms with Gasteiger partial charge in [0.1, 0.15) is 10.8 Å². The van der Waals surface area contributed by atoms with Crippen molar-refractivity contribution < 1.29 is 4.74 Å². The zero-order chi connectivity index (χ0) is 14.1. The molecule has 1 aromatic heterocycles. The Morgan fingerprint density at radius 1 is 1.40 bits per heavy atom. The van der Waals surface area contributed by atoms with E-state index < -0.39 is 0 Å². The number of thiazole rings is 1. The summed E-state index contributed by atoms with van der Waals surface area (Å²) in [6, 6.07) is 8.23. The maximum absolute atomic E-state index is 6.02. The Balaban J connectivity index is 1.84. The number of nitrogens with zero attached hydrogens (tertiary/aromatic N) is 1. The Labute approximate surface area is 123 Å². The molecule has 1 aliphatic rings. The molecule has 20 heavy (non-hydrogen) atoms. The molecule has 0 amide bonds. The molecule has 4 heteroatoms. The van der Waals surface area contributed by atoms with Crippen LogP contribution in [0, 0.1) is 5.92 Å². The van der Waals surface area contributed by atoms with E-state index in [1.807, 2.05) is 12.1 Å². The van der Waals surface area contributed by atoms with Crippen LogP contribution in [0.2, 0.25) is 0 Å². The minimum Gasteiger partial charge on any atom is -0.483 e. The lowest BCUT2D eigenvalue weighted by atomic mass is 10.1. The summed E-state index contributed by atoms with van der Waals surface area (Å²) in [6.07, 6.45) is 1.96. The van der Waals surface area contributed by atoms with Crippen LogP contribution in [0.1, 0.15) is 41.1 Å². The average Bonchev–Trinajstić information content (AvgIpc) is 3.00. The minimum absolute atomic E-state index is 0.0589. The number of aromatic nitrogens is 1. The van der Waals surface area contributed by atoms with Gasteiger partial charge in [-0.2, -0.15) is 0 Å². The van der Waals surface area contributed by atoms with Gasteiger partial charge in [0.15, 0.2) is 6.10 Å². The largest absolute Gasteiger partial charge is 0.483 e. The second-order valence-electron chi connectivity index (χ2n) is 5.64. The molecule has 0 bridgehead atoms. The molecule has 1 aromatic carbocycles. The standard InChI is InChI=1S/C16H20N2OS/c1-10(2)7-12-15(9-17)20-16(18-12)14-8-11-5-3-4-6-13(11)19-14/h3-6,10,14H,7-9,17H2,1-2H3. The lowest BCUT2D eigenvalue weighted by Crippen LogP contribution is -2.04. The van der Waals surface area contributed by atoms with Gasteiger partial charge in [0.05, 0.1) is 5.69 Å². The summed E-state index contributed by atoms with van der Waals surface area (Å²) < 4.78 is 6.02. The molecule has 2 N–H and O–H groups in total. The van der Waals surface area contributed by atoms with Crippen molar-refractivity contribution in [2.24, 2.45) is 11.7 Å². The maximum Gasteiger partial charge on any atom is 0.154 e. The monoisotopic (exact) mass is 288 g/mol. The van der Waals surface area contributed by atoms with E-state index in [0.717, 1.165) is 29.3 Å². The molecule has 1 aliphatic heterocycles. The topological polar surface area (TPSA) is 48.1 Å². The van der Waals surface area contributed by atoms with E-state index in [4.69, 9.17) is 15.5 Å². The van der Waals surface area contributed by atoms with Gasteiger partial charge in [0, 0.05) is 17.8 Å². The molecule has 0 spiro atoms. The molecule has 3 rings (SSSR count). The Morgan fingerprint density at radius 2 is 2.20 bits per heavy atom. The van der Waals surface area contributed by atoms with Crippen LogP contribution in [-0.2, 0) is 19.4 Å². The van der Waals surface area contributed by atoms with Crippen LogP contribution in [0.4, 0.5) is 0 Å². The summed E-state index contributed by atoms with van der Waals surface area (Å²) >= 11 is 1.71. The smallest absolute Gasteiger partial charge is 0.154 e. The molecule has 0 radical (unpaired) electrons. The fraction of sp³-hybridized carbons (Fsp3) is 0.438. The van der Waals surface area contributed by atoms with Crippen molar-refractivity contribution in [3.63, 3.8) is 0 Å². The van der Waals surface area contributed by atoms with Crippen LogP contribution in [-0.4, -0.2) is 4.98 Å². The quantitative estimate of drug-likeness (QED) is 0.937. The van der Waals surface area contributed by atoms with E-state index in [9.17, 15) is 0 Å². The minimum atomic E-state index is 0.0589. The van der Waals surface area contributed by atoms with E-state index in [2.05, 4.69) is 26.0 Å². The van der Waals surface area contributed by atoms with Gasteiger partial charge in [0.2, 0.25) is 0 Å². The summed E-state index contributed by atoms with van der Waals surface area (Å²) in [6.45, 7) is 4.99. The Morgan fingerprint density at radius 3 is 2.90 bits per heavy atom. The first-order valence-corrected chi connectivity index (χ1v) is 7.92. The fourth-order valence-corrected chi connectivity index (χ4v) is 3.57. The van der Waals surface area contributed by atoms with Crippen molar-refractivity contribution in [1.82, 2.24) is 4.98 Å². The van der Waals surface area contributed by atoms with Crippen LogP contribution >= 0.6 is 11.3 Å². The first-order valence-electron chi connectivity index (χ1n) is 7.10. The molecule has 3 nitrogen and oxygen atoms in total. The molecule has 1 atom stereocenters. The zero-order valence-electron chi connectivity index (χ0n) is 11.9. The van der Waals surface area contributed by atoms with Gasteiger partial charge in [-0.15, -0.1) is 11.3 Å². The van der Waals surface area contributed by atoms with Crippen molar-refractivity contribution in [1.29, 1.82) is 0 Å². The number of hydrogen-bond donors (Lipinski definition) is 1. The van der Waals surface area contributed by atoms with Gasteiger partial charge in [0.25, 0.3) is 0 Å². The van der Waals surface area contributed by atoms with E-state index in [1.54, 1.807) is 11.3 Å². The fourth-order valence-electron chi connectivity index (χ4n) is 2.57. The van der Waals surface area contributed by atoms with E-state index in [-0.39, 0.29) is 6.10 Å². The summed E-state index contributed by atoms with van der Waals surface area (Å²) in [4.78, 5) is 6.00. The highest BCUT2D eigenvalue weighted by Gasteiger charge is 2.27. The van der Waals surface area contributed by atoms with Crippen LogP contribution < -0.4 is 10.5 Å². The number of hydrogen-bond acceptors (Lipinski definition) is 4. The summed E-state index contributed by atoms with van der Waals surface area (Å²) in [5.74, 6) is 1.59. The van der Waals surface area contributed by atoms with E-state index in [1.165, 1.54) is 10.4 Å². The first kappa shape index (κ1) is 13.6. The number of fused-ring (bicyclic) bond motifs is 1. The van der Waals surface area contributed by atoms with Crippen molar-refractivity contribution in [3.8, 4) is 5.75 Å². The molecule has 0 aliphatic carbocycles. The zero-order valence-corrected chi connectivity index (χ0v) is 12.7. The third kappa shape index (κ3) is 2.58. The number of rotatable bonds is 4. The van der Waals surface area contributed by atoms with Crippen molar-refractivity contribution in [2.45, 2.75) is 39.3 Å². The molecule has 1 unspecified atom stereocenters. The number of ether oxygens (including phenoxy) is 1. The van der Waals surface area contributed by atoms with Gasteiger partial charge in [-0.3, -0.25) is 0 Å². The van der Waals surface area contributed by atoms with E-state index in [0.29, 0.717) is 12.5 Å². The third-order valence-electron chi connectivity index (χ3n) is 3.50. The first-order chi connectivity index (χ1) is 9.67. The molecule has 2 aromatic rings. The molecule has 0 fully saturated rings. The van der Waals surface area contributed by atoms with Crippen molar-refractivity contribution >= 4 is 11.3 Å². The van der Waals surface area contributed by atoms with Crippen LogP contribution in [0.15, 0.2) is 24.3 Å². The Hall–Kier alpha value is -1.39. The molecular formula is C16H20N2OS. The van der Waals surface area contributed by atoms with E-state index >= 15 is 0 Å². The lowest BCUT2D eigenvalue weighted by molar-refractivity contribution is 0.238. The van der Waals surface area contributed by atoms with Gasteiger partial charge >= 0.3 is 0 Å². The highest BCUT2D eigenvalue weighted by molar-refractivity contribution is 7.11. The molecule has 106 valence electrons. The average molecular weight is 288 g/mol. The van der Waals surface area contributed by atoms with Gasteiger partial charge in [-0.05, 0) is 24.0 Å². The number of para-hydroxylation sites is 1. The Kier molecular flexibility index (Phi) is 3.76. The second-order valence-corrected chi connectivity index (χ2v) is 6.76. The highest BCUT2D eigenvalue weighted by Crippen LogP contribution is 2.38. The highest BCUT2D eigenvalue weighted by atomic mass is 32.1. The molecule has 2 heterocycles. The Bertz CT molecular complexity index is 581. The van der Waals surface area contributed by atoms with Gasteiger partial charge in [-0.25, -0.2) is 4.98 Å². The lowest BCUT2D eigenvalue weighted by Gasteiger charge is -2.06. The van der Waals surface area contributed by atoms with Crippen molar-refractivity contribution in [3.05, 3.63) is 45.4 Å². The predicted molar refractivity (Wildman–Crippen MR) is 82.1 cm³/mol. The molecular weight excluding hydrogens is 268 g/mol. The summed E-state index contributed by atoms with van der Waals surface area (Å²) in [7, 11) is 0. The summed E-state index contributed by atoms with van der Waals surface area (Å²) in [5, 5.41) is 1.07. The number of benzene rings is 1. The molecule has 0 saturated carbocycles. The van der Waals surface area contributed by atoms with Gasteiger partial charge < -0.3 is 10.5 Å². The van der Waals surface area contributed by atoms with Crippen molar-refractivity contribution in [2.75, 3.05) is 0 Å². The maximum atomic E-state index is 6.02. The SMILES string of the molecule is CC(C)Cc1nc(C2Cc3ccccc3O2)sc1CN.